The minimum Gasteiger partial charge on any atom is -0.744 e. The van der Waals surface area contributed by atoms with Crippen LogP contribution < -0.4 is 29.6 Å². The zero-order valence-electron chi connectivity index (χ0n) is 19.9. The molecule has 0 fully saturated rings. The van der Waals surface area contributed by atoms with Crippen LogP contribution in [0.4, 0.5) is 0 Å². The summed E-state index contributed by atoms with van der Waals surface area (Å²) in [6.07, 6.45) is 15.8. The average Bonchev–Trinajstić information content (AvgIpc) is 2.72. The minimum atomic E-state index is -4.48. The molecule has 2 rings (SSSR count). The number of hydrogen-bond donors (Lipinski definition) is 0. The summed E-state index contributed by atoms with van der Waals surface area (Å²) in [5.74, 6) is 0. The number of benzene rings is 2. The van der Waals surface area contributed by atoms with Gasteiger partial charge in [0, 0.05) is 0 Å². The zero-order chi connectivity index (χ0) is 21.8. The first-order valence-electron chi connectivity index (χ1n) is 12.0. The van der Waals surface area contributed by atoms with Gasteiger partial charge in [0.2, 0.25) is 0 Å². The second-order valence-corrected chi connectivity index (χ2v) is 9.90. The van der Waals surface area contributed by atoms with Gasteiger partial charge >= 0.3 is 29.6 Å². The number of hydrogen-bond acceptors (Lipinski definition) is 3. The summed E-state index contributed by atoms with van der Waals surface area (Å²) in [7, 11) is -4.48. The molecule has 0 bridgehead atoms. The van der Waals surface area contributed by atoms with E-state index in [2.05, 4.69) is 26.0 Å². The minimum absolute atomic E-state index is 0. The van der Waals surface area contributed by atoms with Crippen LogP contribution in [-0.4, -0.2) is 13.0 Å². The van der Waals surface area contributed by atoms with E-state index < -0.39 is 10.1 Å². The molecule has 0 atom stereocenters. The molecule has 0 aliphatic carbocycles. The van der Waals surface area contributed by atoms with Crippen LogP contribution in [0.1, 0.15) is 102 Å². The second-order valence-electron chi connectivity index (χ2n) is 8.55. The summed E-state index contributed by atoms with van der Waals surface area (Å²) in [5, 5.41) is 2.06. The Hall–Kier alpha value is -0.390. The van der Waals surface area contributed by atoms with Gasteiger partial charge in [-0.15, -0.1) is 0 Å². The van der Waals surface area contributed by atoms with Crippen LogP contribution >= 0.6 is 0 Å². The van der Waals surface area contributed by atoms with Crippen molar-refractivity contribution in [3.8, 4) is 0 Å². The molecule has 0 amide bonds. The maximum Gasteiger partial charge on any atom is 1.00 e. The van der Waals surface area contributed by atoms with E-state index in [-0.39, 0.29) is 34.5 Å². The molecule has 0 saturated heterocycles. The van der Waals surface area contributed by atoms with E-state index >= 15 is 0 Å². The van der Waals surface area contributed by atoms with Gasteiger partial charge in [-0.25, -0.2) is 8.42 Å². The van der Waals surface area contributed by atoms with Crippen molar-refractivity contribution in [2.24, 2.45) is 0 Å². The Bertz CT molecular complexity index is 878. The van der Waals surface area contributed by atoms with Gasteiger partial charge in [-0.1, -0.05) is 102 Å². The van der Waals surface area contributed by atoms with E-state index in [4.69, 9.17) is 0 Å². The van der Waals surface area contributed by atoms with Crippen LogP contribution in [0.25, 0.3) is 10.8 Å². The van der Waals surface area contributed by atoms with Crippen LogP contribution in [0.5, 0.6) is 0 Å². The number of fused-ring (bicyclic) bond motifs is 1. The Kier molecular flexibility index (Phi) is 14.3. The van der Waals surface area contributed by atoms with E-state index in [1.54, 1.807) is 6.07 Å². The Morgan fingerprint density at radius 3 is 1.84 bits per heavy atom. The quantitative estimate of drug-likeness (QED) is 0.225. The van der Waals surface area contributed by atoms with Gasteiger partial charge in [0.05, 0.1) is 4.90 Å². The van der Waals surface area contributed by atoms with E-state index in [1.165, 1.54) is 69.4 Å². The SMILES string of the molecule is CCCCCCCCc1cccc2ccc(S(=O)(=O)[O-])c(CCCCCCCC)c12.[Na+]. The molecule has 0 aliphatic rings. The predicted octanol–water partition coefficient (Wildman–Crippen LogP) is 4.55. The summed E-state index contributed by atoms with van der Waals surface area (Å²) in [5.41, 5.74) is 1.94. The van der Waals surface area contributed by atoms with Gasteiger partial charge in [0.1, 0.15) is 10.1 Å². The van der Waals surface area contributed by atoms with Gasteiger partial charge in [0.15, 0.2) is 0 Å². The first-order valence-corrected chi connectivity index (χ1v) is 13.4. The molecular weight excluding hydrogens is 415 g/mol. The fourth-order valence-corrected chi connectivity index (χ4v) is 5.13. The van der Waals surface area contributed by atoms with Crippen molar-refractivity contribution in [2.75, 3.05) is 0 Å². The molecule has 2 aromatic rings. The normalized spacial score (nSPS) is 11.6. The maximum absolute atomic E-state index is 12.0. The largest absolute Gasteiger partial charge is 1.00 e. The van der Waals surface area contributed by atoms with Crippen molar-refractivity contribution in [3.63, 3.8) is 0 Å². The van der Waals surface area contributed by atoms with Crippen molar-refractivity contribution >= 4 is 20.9 Å². The standard InChI is InChI=1S/C26H40O3S.Na/c1-3-5-7-9-11-13-16-22-17-15-18-23-20-21-25(30(27,28)29)24(26(22)23)19-14-12-10-8-6-4-2;/h15,17-18,20-21H,3-14,16,19H2,1-2H3,(H,27,28,29);/q;+1/p-1. The van der Waals surface area contributed by atoms with E-state index in [0.29, 0.717) is 6.42 Å². The summed E-state index contributed by atoms with van der Waals surface area (Å²) in [4.78, 5) is -0.0149. The first kappa shape index (κ1) is 28.6. The zero-order valence-corrected chi connectivity index (χ0v) is 22.7. The van der Waals surface area contributed by atoms with Gasteiger partial charge in [-0.3, -0.25) is 0 Å². The topological polar surface area (TPSA) is 57.2 Å². The van der Waals surface area contributed by atoms with E-state index in [1.807, 2.05) is 6.07 Å². The average molecular weight is 455 g/mol. The molecular formula is C26H39NaO3S. The third-order valence-electron chi connectivity index (χ3n) is 6.05. The summed E-state index contributed by atoms with van der Waals surface area (Å²) in [6.45, 7) is 4.43. The summed E-state index contributed by atoms with van der Waals surface area (Å²) in [6, 6.07) is 9.52. The molecule has 0 N–H and O–H groups in total. The van der Waals surface area contributed by atoms with Crippen LogP contribution in [0.3, 0.4) is 0 Å². The molecule has 0 heterocycles. The monoisotopic (exact) mass is 454 g/mol. The van der Waals surface area contributed by atoms with E-state index in [9.17, 15) is 13.0 Å². The maximum atomic E-state index is 12.0. The number of aryl methyl sites for hydroxylation is 2. The molecule has 0 unspecified atom stereocenters. The second kappa shape index (κ2) is 15.4. The Balaban J connectivity index is 0.00000480. The van der Waals surface area contributed by atoms with Crippen LogP contribution in [-0.2, 0) is 23.0 Å². The molecule has 0 radical (unpaired) electrons. The molecule has 0 aromatic heterocycles. The summed E-state index contributed by atoms with van der Waals surface area (Å²) < 4.78 is 36.0. The molecule has 2 aromatic carbocycles. The fraction of sp³-hybridized carbons (Fsp3) is 0.615. The smallest absolute Gasteiger partial charge is 0.744 e. The number of rotatable bonds is 15. The van der Waals surface area contributed by atoms with Crippen LogP contribution in [0, 0.1) is 0 Å². The van der Waals surface area contributed by atoms with E-state index in [0.717, 1.165) is 42.0 Å². The third-order valence-corrected chi connectivity index (χ3v) is 6.97. The molecule has 5 heteroatoms. The molecule has 0 spiro atoms. The molecule has 0 aliphatic heterocycles. The van der Waals surface area contributed by atoms with Gasteiger partial charge in [-0.05, 0) is 53.6 Å². The van der Waals surface area contributed by atoms with Gasteiger partial charge in [-0.2, -0.15) is 0 Å². The summed E-state index contributed by atoms with van der Waals surface area (Å²) >= 11 is 0. The van der Waals surface area contributed by atoms with Crippen molar-refractivity contribution in [3.05, 3.63) is 41.5 Å². The van der Waals surface area contributed by atoms with Crippen LogP contribution in [0.15, 0.2) is 35.2 Å². The molecule has 31 heavy (non-hydrogen) atoms. The van der Waals surface area contributed by atoms with Gasteiger partial charge in [0.25, 0.3) is 0 Å². The van der Waals surface area contributed by atoms with Crippen molar-refractivity contribution in [1.29, 1.82) is 0 Å². The predicted molar refractivity (Wildman–Crippen MR) is 126 cm³/mol. The Morgan fingerprint density at radius 1 is 0.710 bits per heavy atom. The van der Waals surface area contributed by atoms with Crippen LogP contribution in [0.2, 0.25) is 0 Å². The third kappa shape index (κ3) is 9.55. The van der Waals surface area contributed by atoms with Crippen molar-refractivity contribution < 1.29 is 42.5 Å². The number of unbranched alkanes of at least 4 members (excludes halogenated alkanes) is 10. The molecule has 0 saturated carbocycles. The first-order chi connectivity index (χ1) is 14.5. The fourth-order valence-electron chi connectivity index (χ4n) is 4.38. The Labute approximate surface area is 212 Å². The molecule has 168 valence electrons. The van der Waals surface area contributed by atoms with Gasteiger partial charge < -0.3 is 4.55 Å². The molecule has 3 nitrogen and oxygen atoms in total. The van der Waals surface area contributed by atoms with Crippen molar-refractivity contribution in [2.45, 2.75) is 109 Å². The Morgan fingerprint density at radius 2 is 1.26 bits per heavy atom. The van der Waals surface area contributed by atoms with Crippen molar-refractivity contribution in [1.82, 2.24) is 0 Å².